The first-order valence-corrected chi connectivity index (χ1v) is 10.00. The Labute approximate surface area is 171 Å². The number of hydrogen-bond donors (Lipinski definition) is 0. The van der Waals surface area contributed by atoms with Crippen molar-refractivity contribution in [3.63, 3.8) is 0 Å². The zero-order valence-corrected chi connectivity index (χ0v) is 16.9. The summed E-state index contributed by atoms with van der Waals surface area (Å²) in [5, 5.41) is 0. The highest BCUT2D eigenvalue weighted by molar-refractivity contribution is 6.25. The Hall–Kier alpha value is -3.45. The van der Waals surface area contributed by atoms with Crippen LogP contribution < -0.4 is 0 Å². The number of aryl methyl sites for hydroxylation is 3. The first kappa shape index (κ1) is 17.6. The molecule has 0 aliphatic heterocycles. The Balaban J connectivity index is 1.84. The van der Waals surface area contributed by atoms with E-state index in [9.17, 15) is 4.79 Å². The van der Waals surface area contributed by atoms with Gasteiger partial charge >= 0.3 is 0 Å². The van der Waals surface area contributed by atoms with Crippen LogP contribution >= 0.6 is 0 Å². The maximum Gasteiger partial charge on any atom is 0.194 e. The van der Waals surface area contributed by atoms with Gasteiger partial charge in [0.2, 0.25) is 0 Å². The van der Waals surface area contributed by atoms with Gasteiger partial charge in [-0.1, -0.05) is 83.9 Å². The maximum absolute atomic E-state index is 13.3. The smallest absolute Gasteiger partial charge is 0.194 e. The molecule has 0 aromatic heterocycles. The molecule has 0 heterocycles. The summed E-state index contributed by atoms with van der Waals surface area (Å²) < 4.78 is 0. The number of hydrogen-bond acceptors (Lipinski definition) is 1. The molecule has 140 valence electrons. The third kappa shape index (κ3) is 2.82. The summed E-state index contributed by atoms with van der Waals surface area (Å²) >= 11 is 0. The Morgan fingerprint density at radius 2 is 0.966 bits per heavy atom. The average molecular weight is 374 g/mol. The van der Waals surface area contributed by atoms with Crippen LogP contribution in [0.15, 0.2) is 78.9 Å². The molecule has 1 aliphatic carbocycles. The lowest BCUT2D eigenvalue weighted by Gasteiger charge is -2.15. The first-order chi connectivity index (χ1) is 14.0. The van der Waals surface area contributed by atoms with Crippen LogP contribution in [-0.4, -0.2) is 5.78 Å². The second kappa shape index (κ2) is 6.56. The Morgan fingerprint density at radius 1 is 0.483 bits per heavy atom. The van der Waals surface area contributed by atoms with Gasteiger partial charge in [-0.05, 0) is 54.7 Å². The van der Waals surface area contributed by atoms with Crippen LogP contribution in [0.5, 0.6) is 0 Å². The van der Waals surface area contributed by atoms with Crippen molar-refractivity contribution >= 4 is 5.78 Å². The summed E-state index contributed by atoms with van der Waals surface area (Å²) in [7, 11) is 0. The van der Waals surface area contributed by atoms with E-state index in [0.717, 1.165) is 50.1 Å². The fraction of sp³-hybridized carbons (Fsp3) is 0.107. The summed E-state index contributed by atoms with van der Waals surface area (Å²) in [6.45, 7) is 6.25. The molecule has 0 atom stereocenters. The summed E-state index contributed by atoms with van der Waals surface area (Å²) in [6.07, 6.45) is 0. The van der Waals surface area contributed by atoms with Crippen molar-refractivity contribution in [3.8, 4) is 33.4 Å². The molecule has 0 radical (unpaired) electrons. The van der Waals surface area contributed by atoms with Gasteiger partial charge in [0.25, 0.3) is 0 Å². The molecular formula is C28H22O. The number of rotatable bonds is 2. The standard InChI is InChI=1S/C28H22O/c1-17-7-11-20(12-8-17)22-5-4-6-23-26(22)27-24(21-13-9-18(2)10-14-21)15-19(3)16-25(27)28(23)29/h4-16H,1-3H3. The largest absolute Gasteiger partial charge is 0.289 e. The lowest BCUT2D eigenvalue weighted by atomic mass is 9.88. The van der Waals surface area contributed by atoms with Gasteiger partial charge in [0.15, 0.2) is 5.78 Å². The molecule has 0 bridgehead atoms. The SMILES string of the molecule is Cc1ccc(-c2cccc3c2-c2c(cc(C)cc2-c2ccc(C)cc2)C3=O)cc1. The Morgan fingerprint density at radius 3 is 1.59 bits per heavy atom. The Kier molecular flexibility index (Phi) is 3.99. The van der Waals surface area contributed by atoms with Gasteiger partial charge in [0, 0.05) is 22.3 Å². The second-order valence-electron chi connectivity index (χ2n) is 8.02. The van der Waals surface area contributed by atoms with E-state index in [-0.39, 0.29) is 5.78 Å². The van der Waals surface area contributed by atoms with E-state index < -0.39 is 0 Å². The molecule has 0 unspecified atom stereocenters. The minimum absolute atomic E-state index is 0.126. The number of carbonyl (C=O) groups is 1. The van der Waals surface area contributed by atoms with Gasteiger partial charge in [-0.2, -0.15) is 0 Å². The lowest BCUT2D eigenvalue weighted by molar-refractivity contribution is 0.104. The number of benzene rings is 4. The zero-order chi connectivity index (χ0) is 20.1. The van der Waals surface area contributed by atoms with Crippen LogP contribution in [0.1, 0.15) is 32.6 Å². The van der Waals surface area contributed by atoms with Gasteiger partial charge in [-0.3, -0.25) is 4.79 Å². The van der Waals surface area contributed by atoms with E-state index in [0.29, 0.717) is 0 Å². The third-order valence-corrected chi connectivity index (χ3v) is 5.81. The first-order valence-electron chi connectivity index (χ1n) is 10.00. The molecule has 4 aromatic carbocycles. The van der Waals surface area contributed by atoms with Crippen LogP contribution in [0, 0.1) is 20.8 Å². The molecule has 0 N–H and O–H groups in total. The van der Waals surface area contributed by atoms with Gasteiger partial charge in [0.05, 0.1) is 0 Å². The van der Waals surface area contributed by atoms with Crippen LogP contribution in [0.4, 0.5) is 0 Å². The quantitative estimate of drug-likeness (QED) is 0.320. The van der Waals surface area contributed by atoms with Gasteiger partial charge in [-0.15, -0.1) is 0 Å². The van der Waals surface area contributed by atoms with Crippen LogP contribution in [0.3, 0.4) is 0 Å². The zero-order valence-electron chi connectivity index (χ0n) is 16.9. The molecule has 0 saturated heterocycles. The topological polar surface area (TPSA) is 17.1 Å². The number of carbonyl (C=O) groups excluding carboxylic acids is 1. The van der Waals surface area contributed by atoms with Crippen molar-refractivity contribution in [1.82, 2.24) is 0 Å². The van der Waals surface area contributed by atoms with E-state index in [1.54, 1.807) is 0 Å². The average Bonchev–Trinajstić information content (AvgIpc) is 3.01. The highest BCUT2D eigenvalue weighted by Crippen LogP contribution is 2.48. The minimum atomic E-state index is 0.126. The molecular weight excluding hydrogens is 352 g/mol. The minimum Gasteiger partial charge on any atom is -0.289 e. The molecule has 0 amide bonds. The normalized spacial score (nSPS) is 12.0. The molecule has 0 fully saturated rings. The summed E-state index contributed by atoms with van der Waals surface area (Å²) in [4.78, 5) is 13.3. The molecule has 29 heavy (non-hydrogen) atoms. The molecule has 1 nitrogen and oxygen atoms in total. The summed E-state index contributed by atoms with van der Waals surface area (Å²) in [5.74, 6) is 0.126. The monoisotopic (exact) mass is 374 g/mol. The fourth-order valence-corrected chi connectivity index (χ4v) is 4.33. The number of ketones is 1. The van der Waals surface area contributed by atoms with Crippen molar-refractivity contribution in [1.29, 1.82) is 0 Å². The summed E-state index contributed by atoms with van der Waals surface area (Å²) in [5.41, 5.74) is 11.9. The third-order valence-electron chi connectivity index (χ3n) is 5.81. The van der Waals surface area contributed by atoms with E-state index >= 15 is 0 Å². The molecule has 0 spiro atoms. The highest BCUT2D eigenvalue weighted by Gasteiger charge is 2.31. The summed E-state index contributed by atoms with van der Waals surface area (Å²) in [6, 6.07) is 27.5. The van der Waals surface area contributed by atoms with Gasteiger partial charge < -0.3 is 0 Å². The molecule has 5 rings (SSSR count). The lowest BCUT2D eigenvalue weighted by Crippen LogP contribution is -1.96. The van der Waals surface area contributed by atoms with Gasteiger partial charge in [-0.25, -0.2) is 0 Å². The maximum atomic E-state index is 13.3. The van der Waals surface area contributed by atoms with Crippen LogP contribution in [0.2, 0.25) is 0 Å². The second-order valence-corrected chi connectivity index (χ2v) is 8.02. The van der Waals surface area contributed by atoms with Gasteiger partial charge in [0.1, 0.15) is 0 Å². The highest BCUT2D eigenvalue weighted by atomic mass is 16.1. The molecule has 1 heteroatoms. The van der Waals surface area contributed by atoms with Crippen molar-refractivity contribution in [2.45, 2.75) is 20.8 Å². The fourth-order valence-electron chi connectivity index (χ4n) is 4.33. The van der Waals surface area contributed by atoms with Crippen molar-refractivity contribution in [3.05, 3.63) is 107 Å². The van der Waals surface area contributed by atoms with E-state index in [1.165, 1.54) is 11.1 Å². The predicted molar refractivity (Wildman–Crippen MR) is 120 cm³/mol. The van der Waals surface area contributed by atoms with Crippen LogP contribution in [0.25, 0.3) is 33.4 Å². The Bertz CT molecular complexity index is 1260. The van der Waals surface area contributed by atoms with Crippen molar-refractivity contribution in [2.24, 2.45) is 0 Å². The van der Waals surface area contributed by atoms with E-state index in [4.69, 9.17) is 0 Å². The van der Waals surface area contributed by atoms with E-state index in [2.05, 4.69) is 81.4 Å². The van der Waals surface area contributed by atoms with Crippen molar-refractivity contribution < 1.29 is 4.79 Å². The molecule has 4 aromatic rings. The predicted octanol–water partition coefficient (Wildman–Crippen LogP) is 7.16. The molecule has 0 saturated carbocycles. The van der Waals surface area contributed by atoms with Crippen molar-refractivity contribution in [2.75, 3.05) is 0 Å². The van der Waals surface area contributed by atoms with E-state index in [1.807, 2.05) is 18.2 Å². The van der Waals surface area contributed by atoms with Crippen LogP contribution in [-0.2, 0) is 0 Å². The number of fused-ring (bicyclic) bond motifs is 3. The molecule has 1 aliphatic rings.